The lowest BCUT2D eigenvalue weighted by Gasteiger charge is -2.21. The van der Waals surface area contributed by atoms with Crippen LogP contribution in [0.2, 0.25) is 0 Å². The van der Waals surface area contributed by atoms with E-state index in [9.17, 15) is 9.50 Å². The van der Waals surface area contributed by atoms with Crippen LogP contribution in [0.15, 0.2) is 18.2 Å². The van der Waals surface area contributed by atoms with Crippen molar-refractivity contribution in [3.63, 3.8) is 0 Å². The summed E-state index contributed by atoms with van der Waals surface area (Å²) < 4.78 is 24.6. The molecule has 1 unspecified atom stereocenters. The minimum atomic E-state index is -0.563. The smallest absolute Gasteiger partial charge is 0.125 e. The Bertz CT molecular complexity index is 380. The number of rotatable bonds is 8. The van der Waals surface area contributed by atoms with Gasteiger partial charge in [-0.3, -0.25) is 0 Å². The molecule has 3 nitrogen and oxygen atoms in total. The van der Waals surface area contributed by atoms with Crippen LogP contribution >= 0.6 is 0 Å². The highest BCUT2D eigenvalue weighted by Crippen LogP contribution is 2.29. The molecule has 0 radical (unpaired) electrons. The van der Waals surface area contributed by atoms with Crippen LogP contribution in [-0.2, 0) is 4.74 Å². The second-order valence-corrected chi connectivity index (χ2v) is 4.74. The average Bonchev–Trinajstić information content (AvgIpc) is 2.37. The highest BCUT2D eigenvalue weighted by molar-refractivity contribution is 5.36. The Balaban J connectivity index is 2.90. The van der Waals surface area contributed by atoms with Gasteiger partial charge in [0.2, 0.25) is 0 Å². The lowest BCUT2D eigenvalue weighted by molar-refractivity contribution is -0.0262. The van der Waals surface area contributed by atoms with E-state index in [2.05, 4.69) is 6.92 Å². The molecule has 108 valence electrons. The fourth-order valence-electron chi connectivity index (χ4n) is 1.77. The summed E-state index contributed by atoms with van der Waals surface area (Å²) in [6, 6.07) is 4.31. The standard InChI is InChI=1S/C15H23FO3/c1-4-5-8-18-14-7-6-12(16)9-13(14)15(10-17)19-11(2)3/h6-7,9,11,15,17H,4-5,8,10H2,1-3H3. The molecule has 0 aliphatic heterocycles. The Hall–Kier alpha value is -1.13. The number of halogens is 1. The van der Waals surface area contributed by atoms with Gasteiger partial charge in [0.15, 0.2) is 0 Å². The van der Waals surface area contributed by atoms with Gasteiger partial charge in [-0.25, -0.2) is 4.39 Å². The molecule has 1 aromatic rings. The van der Waals surface area contributed by atoms with Gasteiger partial charge in [-0.1, -0.05) is 13.3 Å². The summed E-state index contributed by atoms with van der Waals surface area (Å²) >= 11 is 0. The Morgan fingerprint density at radius 2 is 2.05 bits per heavy atom. The minimum Gasteiger partial charge on any atom is -0.493 e. The number of aliphatic hydroxyl groups is 1. The molecule has 1 rings (SSSR count). The van der Waals surface area contributed by atoms with Gasteiger partial charge in [-0.05, 0) is 38.5 Å². The van der Waals surface area contributed by atoms with E-state index in [-0.39, 0.29) is 18.5 Å². The largest absolute Gasteiger partial charge is 0.493 e. The van der Waals surface area contributed by atoms with E-state index in [4.69, 9.17) is 9.47 Å². The lowest BCUT2D eigenvalue weighted by atomic mass is 10.1. The van der Waals surface area contributed by atoms with E-state index in [0.717, 1.165) is 12.8 Å². The maximum Gasteiger partial charge on any atom is 0.125 e. The molecule has 0 saturated heterocycles. The monoisotopic (exact) mass is 270 g/mol. The Morgan fingerprint density at radius 1 is 1.32 bits per heavy atom. The minimum absolute atomic E-state index is 0.0519. The molecule has 19 heavy (non-hydrogen) atoms. The number of hydrogen-bond donors (Lipinski definition) is 1. The Morgan fingerprint density at radius 3 is 2.63 bits per heavy atom. The number of hydrogen-bond acceptors (Lipinski definition) is 3. The molecule has 1 aromatic carbocycles. The number of ether oxygens (including phenoxy) is 2. The molecule has 0 aliphatic carbocycles. The SMILES string of the molecule is CCCCOc1ccc(F)cc1C(CO)OC(C)C. The zero-order chi connectivity index (χ0) is 14.3. The average molecular weight is 270 g/mol. The highest BCUT2D eigenvalue weighted by Gasteiger charge is 2.18. The zero-order valence-corrected chi connectivity index (χ0v) is 11.9. The fourth-order valence-corrected chi connectivity index (χ4v) is 1.77. The number of benzene rings is 1. The first-order valence-corrected chi connectivity index (χ1v) is 6.77. The van der Waals surface area contributed by atoms with Gasteiger partial charge in [0.05, 0.1) is 19.3 Å². The molecule has 1 N–H and O–H groups in total. The summed E-state index contributed by atoms with van der Waals surface area (Å²) in [6.07, 6.45) is 1.35. The molecule has 0 saturated carbocycles. The summed E-state index contributed by atoms with van der Waals surface area (Å²) in [5.41, 5.74) is 0.562. The first kappa shape index (κ1) is 15.9. The fraction of sp³-hybridized carbons (Fsp3) is 0.600. The van der Waals surface area contributed by atoms with E-state index < -0.39 is 6.10 Å². The third-order valence-corrected chi connectivity index (χ3v) is 2.68. The third kappa shape index (κ3) is 5.17. The number of aliphatic hydroxyl groups excluding tert-OH is 1. The molecule has 0 spiro atoms. The van der Waals surface area contributed by atoms with Crippen LogP contribution in [0.1, 0.15) is 45.3 Å². The maximum absolute atomic E-state index is 13.4. The van der Waals surface area contributed by atoms with Crippen molar-refractivity contribution in [2.75, 3.05) is 13.2 Å². The predicted molar refractivity (Wildman–Crippen MR) is 72.9 cm³/mol. The van der Waals surface area contributed by atoms with E-state index in [1.54, 1.807) is 6.07 Å². The van der Waals surface area contributed by atoms with Crippen LogP contribution in [0.4, 0.5) is 4.39 Å². The molecule has 0 bridgehead atoms. The molecule has 1 atom stereocenters. The Kier molecular flexibility index (Phi) is 6.81. The molecule has 0 heterocycles. The van der Waals surface area contributed by atoms with Gasteiger partial charge < -0.3 is 14.6 Å². The van der Waals surface area contributed by atoms with Gasteiger partial charge >= 0.3 is 0 Å². The molecule has 4 heteroatoms. The molecule has 0 amide bonds. The quantitative estimate of drug-likeness (QED) is 0.735. The summed E-state index contributed by atoms with van der Waals surface area (Å²) in [7, 11) is 0. The highest BCUT2D eigenvalue weighted by atomic mass is 19.1. The van der Waals surface area contributed by atoms with Crippen molar-refractivity contribution in [2.24, 2.45) is 0 Å². The van der Waals surface area contributed by atoms with Crippen molar-refractivity contribution in [3.8, 4) is 5.75 Å². The summed E-state index contributed by atoms with van der Waals surface area (Å²) in [4.78, 5) is 0. The van der Waals surface area contributed by atoms with E-state index in [0.29, 0.717) is 17.9 Å². The summed E-state index contributed by atoms with van der Waals surface area (Å²) in [5, 5.41) is 9.41. The normalized spacial score (nSPS) is 12.7. The first-order valence-electron chi connectivity index (χ1n) is 6.77. The third-order valence-electron chi connectivity index (χ3n) is 2.68. The molecule has 0 aromatic heterocycles. The molecular weight excluding hydrogens is 247 g/mol. The van der Waals surface area contributed by atoms with Crippen LogP contribution < -0.4 is 4.74 Å². The summed E-state index contributed by atoms with van der Waals surface area (Å²) in [5.74, 6) is 0.221. The molecule has 0 fully saturated rings. The molecular formula is C15H23FO3. The predicted octanol–water partition coefficient (Wildman–Crippen LogP) is 3.46. The topological polar surface area (TPSA) is 38.7 Å². The zero-order valence-electron chi connectivity index (χ0n) is 11.9. The van der Waals surface area contributed by atoms with Crippen LogP contribution in [0.5, 0.6) is 5.75 Å². The van der Waals surface area contributed by atoms with Crippen LogP contribution in [0, 0.1) is 5.82 Å². The van der Waals surface area contributed by atoms with Crippen molar-refractivity contribution in [1.82, 2.24) is 0 Å². The van der Waals surface area contributed by atoms with Gasteiger partial charge in [0, 0.05) is 5.56 Å². The van der Waals surface area contributed by atoms with E-state index >= 15 is 0 Å². The van der Waals surface area contributed by atoms with E-state index in [1.807, 2.05) is 13.8 Å². The van der Waals surface area contributed by atoms with Gasteiger partial charge in [0.1, 0.15) is 17.7 Å². The summed E-state index contributed by atoms with van der Waals surface area (Å²) in [6.45, 7) is 6.20. The lowest BCUT2D eigenvalue weighted by Crippen LogP contribution is -2.15. The maximum atomic E-state index is 13.4. The van der Waals surface area contributed by atoms with Crippen molar-refractivity contribution in [3.05, 3.63) is 29.6 Å². The van der Waals surface area contributed by atoms with Crippen molar-refractivity contribution < 1.29 is 19.0 Å². The first-order chi connectivity index (χ1) is 9.08. The van der Waals surface area contributed by atoms with E-state index in [1.165, 1.54) is 12.1 Å². The Labute approximate surface area is 114 Å². The van der Waals surface area contributed by atoms with Crippen molar-refractivity contribution >= 4 is 0 Å². The van der Waals surface area contributed by atoms with Gasteiger partial charge in [-0.15, -0.1) is 0 Å². The van der Waals surface area contributed by atoms with Crippen molar-refractivity contribution in [1.29, 1.82) is 0 Å². The van der Waals surface area contributed by atoms with Gasteiger partial charge in [0.25, 0.3) is 0 Å². The van der Waals surface area contributed by atoms with Crippen LogP contribution in [0.25, 0.3) is 0 Å². The van der Waals surface area contributed by atoms with Gasteiger partial charge in [-0.2, -0.15) is 0 Å². The van der Waals surface area contributed by atoms with Crippen LogP contribution in [-0.4, -0.2) is 24.4 Å². The second-order valence-electron chi connectivity index (χ2n) is 4.74. The van der Waals surface area contributed by atoms with Crippen LogP contribution in [0.3, 0.4) is 0 Å². The van der Waals surface area contributed by atoms with Crippen molar-refractivity contribution in [2.45, 2.75) is 45.8 Å². The second kappa shape index (κ2) is 8.12. The molecule has 0 aliphatic rings. The number of unbranched alkanes of at least 4 members (excludes halogenated alkanes) is 1.